The van der Waals surface area contributed by atoms with Crippen LogP contribution >= 0.6 is 0 Å². The molecule has 0 bridgehead atoms. The summed E-state index contributed by atoms with van der Waals surface area (Å²) in [6.07, 6.45) is 5.21. The third-order valence-corrected chi connectivity index (χ3v) is 6.48. The van der Waals surface area contributed by atoms with Gasteiger partial charge in [0.2, 0.25) is 5.91 Å². The number of carbonyl (C=O) groups excluding carboxylic acids is 1. The largest absolute Gasteiger partial charge is 0.478 e. The molecule has 2 aromatic rings. The van der Waals surface area contributed by atoms with Gasteiger partial charge < -0.3 is 15.1 Å². The first-order chi connectivity index (χ1) is 14.9. The first-order valence-electron chi connectivity index (χ1n) is 11.3. The van der Waals surface area contributed by atoms with Crippen LogP contribution < -0.4 is 0 Å². The number of likely N-dealkylation sites (tertiary alicyclic amines) is 1. The van der Waals surface area contributed by atoms with E-state index in [9.17, 15) is 14.7 Å². The van der Waals surface area contributed by atoms with Gasteiger partial charge in [0.15, 0.2) is 0 Å². The first-order valence-corrected chi connectivity index (χ1v) is 11.3. The zero-order valence-electron chi connectivity index (χ0n) is 18.2. The molecule has 0 unspecified atom stereocenters. The molecule has 0 saturated carbocycles. The van der Waals surface area contributed by atoms with Crippen molar-refractivity contribution in [1.29, 1.82) is 0 Å². The topological polar surface area (TPSA) is 77.8 Å². The van der Waals surface area contributed by atoms with Crippen LogP contribution in [-0.2, 0) is 17.6 Å². The van der Waals surface area contributed by atoms with Gasteiger partial charge in [-0.2, -0.15) is 0 Å². The summed E-state index contributed by atoms with van der Waals surface area (Å²) in [5.74, 6) is -0.532. The van der Waals surface area contributed by atoms with Gasteiger partial charge >= 0.3 is 5.97 Å². The van der Waals surface area contributed by atoms with Crippen molar-refractivity contribution in [2.75, 3.05) is 6.54 Å². The predicted octanol–water partition coefficient (Wildman–Crippen LogP) is 4.33. The van der Waals surface area contributed by atoms with Crippen LogP contribution in [0.5, 0.6) is 0 Å². The smallest absolute Gasteiger partial charge is 0.335 e. The van der Waals surface area contributed by atoms with E-state index < -0.39 is 5.97 Å². The van der Waals surface area contributed by atoms with E-state index in [0.717, 1.165) is 31.2 Å². The number of benzene rings is 2. The van der Waals surface area contributed by atoms with Crippen LogP contribution in [0.4, 0.5) is 0 Å². The summed E-state index contributed by atoms with van der Waals surface area (Å²) in [5, 5.41) is 19.6. The van der Waals surface area contributed by atoms with Gasteiger partial charge in [0.25, 0.3) is 0 Å². The summed E-state index contributed by atoms with van der Waals surface area (Å²) in [6, 6.07) is 17.4. The third-order valence-electron chi connectivity index (χ3n) is 6.48. The van der Waals surface area contributed by atoms with Gasteiger partial charge in [-0.05, 0) is 67.7 Å². The van der Waals surface area contributed by atoms with Crippen LogP contribution in [0.3, 0.4) is 0 Å². The summed E-state index contributed by atoms with van der Waals surface area (Å²) >= 11 is 0. The number of aryl methyl sites for hydroxylation is 1. The standard InChI is InChI=1S/C26H33NO4/c1-19(7-8-20-5-3-2-4-6-20)24(28)15-13-23-14-16-25(29)27(23)18-17-21-9-11-22(12-10-21)26(30)31/h2-6,9-12,19,23-24,28H,7-8,13-18H2,1H3,(H,30,31)/t19-,23-,24+/m0/s1. The predicted molar refractivity (Wildman–Crippen MR) is 121 cm³/mol. The Morgan fingerprint density at radius 2 is 1.71 bits per heavy atom. The molecule has 0 radical (unpaired) electrons. The summed E-state index contributed by atoms with van der Waals surface area (Å²) in [6.45, 7) is 2.74. The molecule has 166 valence electrons. The lowest BCUT2D eigenvalue weighted by atomic mass is 9.92. The second-order valence-electron chi connectivity index (χ2n) is 8.68. The zero-order chi connectivity index (χ0) is 22.2. The lowest BCUT2D eigenvalue weighted by Gasteiger charge is -2.27. The summed E-state index contributed by atoms with van der Waals surface area (Å²) < 4.78 is 0. The van der Waals surface area contributed by atoms with Crippen LogP contribution in [-0.4, -0.2) is 45.7 Å². The van der Waals surface area contributed by atoms with Crippen molar-refractivity contribution in [3.8, 4) is 0 Å². The molecule has 2 N–H and O–H groups in total. The number of carboxylic acids is 1. The van der Waals surface area contributed by atoms with Crippen molar-refractivity contribution in [3.63, 3.8) is 0 Å². The molecule has 3 atom stereocenters. The SMILES string of the molecule is C[C@@H](CCc1ccccc1)[C@H](O)CC[C@H]1CCC(=O)N1CCc1ccc(C(=O)O)cc1. The van der Waals surface area contributed by atoms with Gasteiger partial charge in [-0.3, -0.25) is 4.79 Å². The second kappa shape index (κ2) is 11.1. The van der Waals surface area contributed by atoms with Gasteiger partial charge in [-0.15, -0.1) is 0 Å². The Morgan fingerprint density at radius 3 is 2.39 bits per heavy atom. The molecular weight excluding hydrogens is 390 g/mol. The average molecular weight is 424 g/mol. The van der Waals surface area contributed by atoms with Gasteiger partial charge in [-0.1, -0.05) is 49.4 Å². The number of nitrogens with zero attached hydrogens (tertiary/aromatic N) is 1. The zero-order valence-corrected chi connectivity index (χ0v) is 18.2. The fourth-order valence-electron chi connectivity index (χ4n) is 4.34. The summed E-state index contributed by atoms with van der Waals surface area (Å²) in [7, 11) is 0. The van der Waals surface area contributed by atoms with Crippen molar-refractivity contribution >= 4 is 11.9 Å². The number of aliphatic hydroxyl groups excluding tert-OH is 1. The van der Waals surface area contributed by atoms with Crippen molar-refractivity contribution < 1.29 is 19.8 Å². The fraction of sp³-hybridized carbons (Fsp3) is 0.462. The normalized spacial score (nSPS) is 18.2. The number of hydrogen-bond acceptors (Lipinski definition) is 3. The Labute approximate surface area is 184 Å². The summed E-state index contributed by atoms with van der Waals surface area (Å²) in [5.41, 5.74) is 2.60. The molecule has 1 fully saturated rings. The number of carboxylic acid groups (broad SMARTS) is 1. The van der Waals surface area contributed by atoms with E-state index in [2.05, 4.69) is 19.1 Å². The lowest BCUT2D eigenvalue weighted by Crippen LogP contribution is -2.35. The quantitative estimate of drug-likeness (QED) is 0.564. The highest BCUT2D eigenvalue weighted by Gasteiger charge is 2.31. The minimum absolute atomic E-state index is 0.179. The van der Waals surface area contributed by atoms with E-state index in [1.807, 2.05) is 35.2 Å². The molecule has 1 amide bonds. The van der Waals surface area contributed by atoms with Gasteiger partial charge in [0.1, 0.15) is 0 Å². The Morgan fingerprint density at radius 1 is 1.03 bits per heavy atom. The van der Waals surface area contributed by atoms with Crippen LogP contribution in [0, 0.1) is 5.92 Å². The maximum Gasteiger partial charge on any atom is 0.335 e. The highest BCUT2D eigenvalue weighted by atomic mass is 16.4. The average Bonchev–Trinajstić information content (AvgIpc) is 3.14. The fourth-order valence-corrected chi connectivity index (χ4v) is 4.34. The third kappa shape index (κ3) is 6.66. The molecule has 3 rings (SSSR count). The van der Waals surface area contributed by atoms with Crippen LogP contribution in [0.2, 0.25) is 0 Å². The van der Waals surface area contributed by atoms with Crippen molar-refractivity contribution in [2.24, 2.45) is 5.92 Å². The number of rotatable bonds is 11. The van der Waals surface area contributed by atoms with Gasteiger partial charge in [0.05, 0.1) is 11.7 Å². The van der Waals surface area contributed by atoms with Crippen molar-refractivity contribution in [1.82, 2.24) is 4.90 Å². The van der Waals surface area contributed by atoms with Gasteiger partial charge in [0, 0.05) is 19.0 Å². The number of carbonyl (C=O) groups is 2. The molecule has 1 aliphatic heterocycles. The minimum Gasteiger partial charge on any atom is -0.478 e. The van der Waals surface area contributed by atoms with E-state index in [1.54, 1.807) is 12.1 Å². The first kappa shape index (κ1) is 23.0. The summed E-state index contributed by atoms with van der Waals surface area (Å²) in [4.78, 5) is 25.3. The molecule has 1 aliphatic rings. The van der Waals surface area contributed by atoms with E-state index >= 15 is 0 Å². The molecule has 0 spiro atoms. The van der Waals surface area contributed by atoms with E-state index in [4.69, 9.17) is 5.11 Å². The van der Waals surface area contributed by atoms with Crippen LogP contribution in [0.25, 0.3) is 0 Å². The number of aliphatic hydroxyl groups is 1. The Kier molecular flexibility index (Phi) is 8.24. The minimum atomic E-state index is -0.933. The highest BCUT2D eigenvalue weighted by molar-refractivity contribution is 5.87. The molecular formula is C26H33NO4. The second-order valence-corrected chi connectivity index (χ2v) is 8.68. The van der Waals surface area contributed by atoms with E-state index in [1.165, 1.54) is 5.56 Å². The van der Waals surface area contributed by atoms with Gasteiger partial charge in [-0.25, -0.2) is 4.79 Å². The monoisotopic (exact) mass is 423 g/mol. The maximum absolute atomic E-state index is 12.4. The number of aromatic carboxylic acids is 1. The molecule has 1 saturated heterocycles. The number of hydrogen-bond donors (Lipinski definition) is 2. The molecule has 31 heavy (non-hydrogen) atoms. The van der Waals surface area contributed by atoms with E-state index in [-0.39, 0.29) is 29.5 Å². The van der Waals surface area contributed by atoms with Crippen molar-refractivity contribution in [3.05, 3.63) is 71.3 Å². The Bertz CT molecular complexity index is 849. The molecule has 0 aliphatic carbocycles. The Hall–Kier alpha value is -2.66. The molecule has 1 heterocycles. The van der Waals surface area contributed by atoms with Crippen LogP contribution in [0.1, 0.15) is 60.5 Å². The highest BCUT2D eigenvalue weighted by Crippen LogP contribution is 2.26. The number of amides is 1. The molecule has 0 aromatic heterocycles. The van der Waals surface area contributed by atoms with Crippen LogP contribution in [0.15, 0.2) is 54.6 Å². The molecule has 5 nitrogen and oxygen atoms in total. The lowest BCUT2D eigenvalue weighted by molar-refractivity contribution is -0.129. The molecule has 5 heteroatoms. The van der Waals surface area contributed by atoms with Crippen molar-refractivity contribution in [2.45, 2.75) is 64.0 Å². The van der Waals surface area contributed by atoms with E-state index in [0.29, 0.717) is 25.8 Å². The maximum atomic E-state index is 12.4. The Balaban J connectivity index is 1.45. The molecule has 2 aromatic carbocycles.